The summed E-state index contributed by atoms with van der Waals surface area (Å²) in [4.78, 5) is 34.9. The van der Waals surface area contributed by atoms with Crippen molar-refractivity contribution in [3.63, 3.8) is 0 Å². The van der Waals surface area contributed by atoms with Gasteiger partial charge in [0, 0.05) is 13.0 Å². The Kier molecular flexibility index (Phi) is 5.97. The van der Waals surface area contributed by atoms with E-state index in [4.69, 9.17) is 5.26 Å². The monoisotopic (exact) mass is 320 g/mol. The molecule has 0 bridgehead atoms. The van der Waals surface area contributed by atoms with Crippen LogP contribution in [0.25, 0.3) is 0 Å². The number of nitrogens with one attached hydrogen (secondary N) is 3. The van der Waals surface area contributed by atoms with Crippen molar-refractivity contribution in [2.75, 3.05) is 19.6 Å². The standard InChI is InChI=1S/C16H24N4O3/c17-10-16(5-6-16)11-20-15(23)9-19-14(22)8-18-13(21)7-12-3-1-2-4-12/h12H,1-9,11H2,(H,18,21)(H,19,22)(H,20,23). The molecule has 2 aliphatic carbocycles. The van der Waals surface area contributed by atoms with E-state index in [1.807, 2.05) is 0 Å². The fourth-order valence-corrected chi connectivity index (χ4v) is 2.78. The summed E-state index contributed by atoms with van der Waals surface area (Å²) in [5, 5.41) is 16.6. The molecule has 0 radical (unpaired) electrons. The van der Waals surface area contributed by atoms with Crippen molar-refractivity contribution in [3.05, 3.63) is 0 Å². The van der Waals surface area contributed by atoms with Gasteiger partial charge in [-0.15, -0.1) is 0 Å². The minimum Gasteiger partial charge on any atom is -0.353 e. The van der Waals surface area contributed by atoms with E-state index in [1.54, 1.807) is 0 Å². The van der Waals surface area contributed by atoms with Crippen molar-refractivity contribution in [3.8, 4) is 6.07 Å². The van der Waals surface area contributed by atoms with E-state index in [-0.39, 0.29) is 30.8 Å². The molecule has 0 aliphatic heterocycles. The molecule has 2 fully saturated rings. The van der Waals surface area contributed by atoms with Crippen LogP contribution in [-0.4, -0.2) is 37.4 Å². The molecular formula is C16H24N4O3. The summed E-state index contributed by atoms with van der Waals surface area (Å²) in [6, 6.07) is 2.19. The molecular weight excluding hydrogens is 296 g/mol. The van der Waals surface area contributed by atoms with Crippen molar-refractivity contribution in [2.45, 2.75) is 44.9 Å². The third-order valence-corrected chi connectivity index (χ3v) is 4.56. The van der Waals surface area contributed by atoms with E-state index in [0.717, 1.165) is 25.7 Å². The molecule has 0 heterocycles. The maximum absolute atomic E-state index is 11.7. The molecule has 3 amide bonds. The van der Waals surface area contributed by atoms with Crippen LogP contribution in [0.4, 0.5) is 0 Å². The predicted octanol–water partition coefficient (Wildman–Crippen LogP) is 0.219. The summed E-state index contributed by atoms with van der Waals surface area (Å²) >= 11 is 0. The fourth-order valence-electron chi connectivity index (χ4n) is 2.78. The third kappa shape index (κ3) is 5.89. The van der Waals surface area contributed by atoms with Gasteiger partial charge in [0.2, 0.25) is 17.7 Å². The zero-order valence-electron chi connectivity index (χ0n) is 13.3. The average molecular weight is 320 g/mol. The first-order chi connectivity index (χ1) is 11.0. The zero-order valence-corrected chi connectivity index (χ0v) is 13.3. The Bertz CT molecular complexity index is 502. The summed E-state index contributed by atoms with van der Waals surface area (Å²) < 4.78 is 0. The highest BCUT2D eigenvalue weighted by Crippen LogP contribution is 2.43. The normalized spacial score (nSPS) is 18.7. The van der Waals surface area contributed by atoms with Gasteiger partial charge in [0.05, 0.1) is 24.6 Å². The van der Waals surface area contributed by atoms with E-state index in [1.165, 1.54) is 12.8 Å². The van der Waals surface area contributed by atoms with Gasteiger partial charge in [-0.05, 0) is 31.6 Å². The minimum atomic E-state index is -0.395. The van der Waals surface area contributed by atoms with Gasteiger partial charge in [-0.3, -0.25) is 14.4 Å². The summed E-state index contributed by atoms with van der Waals surface area (Å²) in [5.41, 5.74) is -0.395. The fraction of sp³-hybridized carbons (Fsp3) is 0.750. The van der Waals surface area contributed by atoms with Crippen LogP contribution in [0.15, 0.2) is 0 Å². The number of carbonyl (C=O) groups excluding carboxylic acids is 3. The van der Waals surface area contributed by atoms with Crippen molar-refractivity contribution >= 4 is 17.7 Å². The lowest BCUT2D eigenvalue weighted by molar-refractivity contribution is -0.128. The average Bonchev–Trinajstić information content (AvgIpc) is 3.16. The Hall–Kier alpha value is -2.10. The molecule has 2 saturated carbocycles. The number of hydrogen-bond donors (Lipinski definition) is 3. The van der Waals surface area contributed by atoms with Crippen LogP contribution in [0, 0.1) is 22.7 Å². The van der Waals surface area contributed by atoms with Crippen LogP contribution in [0.5, 0.6) is 0 Å². The topological polar surface area (TPSA) is 111 Å². The molecule has 0 aromatic rings. The second-order valence-electron chi connectivity index (χ2n) is 6.58. The van der Waals surface area contributed by atoms with Crippen LogP contribution in [0.3, 0.4) is 0 Å². The van der Waals surface area contributed by atoms with Crippen LogP contribution >= 0.6 is 0 Å². The Balaban J connectivity index is 1.53. The Labute approximate surface area is 136 Å². The smallest absolute Gasteiger partial charge is 0.239 e. The van der Waals surface area contributed by atoms with Gasteiger partial charge in [0.15, 0.2) is 0 Å². The number of nitriles is 1. The van der Waals surface area contributed by atoms with Gasteiger partial charge >= 0.3 is 0 Å². The number of amides is 3. The van der Waals surface area contributed by atoms with Crippen molar-refractivity contribution < 1.29 is 14.4 Å². The van der Waals surface area contributed by atoms with Gasteiger partial charge in [0.1, 0.15) is 0 Å². The third-order valence-electron chi connectivity index (χ3n) is 4.56. The second kappa shape index (κ2) is 7.95. The number of rotatable bonds is 8. The molecule has 0 atom stereocenters. The highest BCUT2D eigenvalue weighted by Gasteiger charge is 2.43. The minimum absolute atomic E-state index is 0.110. The predicted molar refractivity (Wildman–Crippen MR) is 82.9 cm³/mol. The first-order valence-electron chi connectivity index (χ1n) is 8.24. The molecule has 7 heteroatoms. The molecule has 0 aromatic heterocycles. The molecule has 7 nitrogen and oxygen atoms in total. The maximum atomic E-state index is 11.7. The molecule has 0 saturated heterocycles. The van der Waals surface area contributed by atoms with E-state index in [0.29, 0.717) is 18.9 Å². The summed E-state index contributed by atoms with van der Waals surface area (Å²) in [6.45, 7) is 0.0795. The molecule has 0 spiro atoms. The molecule has 23 heavy (non-hydrogen) atoms. The lowest BCUT2D eigenvalue weighted by Crippen LogP contribution is -2.43. The molecule has 126 valence electrons. The Morgan fingerprint density at radius 2 is 1.52 bits per heavy atom. The summed E-state index contributed by atoms with van der Waals surface area (Å²) in [6.07, 6.45) is 6.63. The summed E-state index contributed by atoms with van der Waals surface area (Å²) in [7, 11) is 0. The maximum Gasteiger partial charge on any atom is 0.239 e. The molecule has 0 unspecified atom stereocenters. The molecule has 2 aliphatic rings. The number of hydrogen-bond acceptors (Lipinski definition) is 4. The van der Waals surface area contributed by atoms with Crippen molar-refractivity contribution in [2.24, 2.45) is 11.3 Å². The van der Waals surface area contributed by atoms with Crippen LogP contribution in [0.2, 0.25) is 0 Å². The Morgan fingerprint density at radius 1 is 0.957 bits per heavy atom. The molecule has 2 rings (SSSR count). The first kappa shape index (κ1) is 17.3. The lowest BCUT2D eigenvalue weighted by Gasteiger charge is -2.11. The second-order valence-corrected chi connectivity index (χ2v) is 6.58. The highest BCUT2D eigenvalue weighted by atomic mass is 16.2. The van der Waals surface area contributed by atoms with Crippen LogP contribution in [-0.2, 0) is 14.4 Å². The van der Waals surface area contributed by atoms with E-state index in [9.17, 15) is 14.4 Å². The first-order valence-corrected chi connectivity index (χ1v) is 8.24. The van der Waals surface area contributed by atoms with Gasteiger partial charge < -0.3 is 16.0 Å². The highest BCUT2D eigenvalue weighted by molar-refractivity contribution is 5.88. The summed E-state index contributed by atoms with van der Waals surface area (Å²) in [5.74, 6) is -0.376. The zero-order chi connectivity index (χ0) is 16.7. The Morgan fingerprint density at radius 3 is 2.09 bits per heavy atom. The van der Waals surface area contributed by atoms with Crippen molar-refractivity contribution in [1.82, 2.24) is 16.0 Å². The number of carbonyl (C=O) groups is 3. The lowest BCUT2D eigenvalue weighted by atomic mass is 10.0. The van der Waals surface area contributed by atoms with Gasteiger partial charge in [0.25, 0.3) is 0 Å². The van der Waals surface area contributed by atoms with E-state index < -0.39 is 5.41 Å². The van der Waals surface area contributed by atoms with E-state index in [2.05, 4.69) is 22.0 Å². The SMILES string of the molecule is N#CC1(CNC(=O)CNC(=O)CNC(=O)CC2CCCC2)CC1. The van der Waals surface area contributed by atoms with Crippen LogP contribution in [0.1, 0.15) is 44.9 Å². The van der Waals surface area contributed by atoms with Gasteiger partial charge in [-0.25, -0.2) is 0 Å². The van der Waals surface area contributed by atoms with E-state index >= 15 is 0 Å². The van der Waals surface area contributed by atoms with Crippen molar-refractivity contribution in [1.29, 1.82) is 5.26 Å². The molecule has 3 N–H and O–H groups in total. The molecule has 0 aromatic carbocycles. The van der Waals surface area contributed by atoms with Crippen LogP contribution < -0.4 is 16.0 Å². The number of nitrogens with zero attached hydrogens (tertiary/aromatic N) is 1. The van der Waals surface area contributed by atoms with Gasteiger partial charge in [-0.2, -0.15) is 5.26 Å². The largest absolute Gasteiger partial charge is 0.353 e. The quantitative estimate of drug-likeness (QED) is 0.594. The van der Waals surface area contributed by atoms with Gasteiger partial charge in [-0.1, -0.05) is 12.8 Å².